The first-order valence-electron chi connectivity index (χ1n) is 7.12. The van der Waals surface area contributed by atoms with Crippen molar-refractivity contribution in [2.45, 2.75) is 64.8 Å². The second-order valence-corrected chi connectivity index (χ2v) is 7.63. The van der Waals surface area contributed by atoms with Crippen LogP contribution < -0.4 is 0 Å². The Labute approximate surface area is 127 Å². The second kappa shape index (κ2) is 7.48. The normalized spacial score (nSPS) is 17.1. The third-order valence-electron chi connectivity index (χ3n) is 3.36. The monoisotopic (exact) mass is 302 g/mol. The highest BCUT2D eigenvalue weighted by molar-refractivity contribution is 8.23. The maximum atomic E-state index is 12.5. The number of carbonyl (C=O) groups is 1. The molecule has 1 heterocycles. The Balaban J connectivity index is 2.58. The van der Waals surface area contributed by atoms with Crippen molar-refractivity contribution in [3.63, 3.8) is 0 Å². The summed E-state index contributed by atoms with van der Waals surface area (Å²) < 4.78 is 0.880. The van der Waals surface area contributed by atoms with Crippen LogP contribution in [-0.4, -0.2) is 50.5 Å². The Bertz CT molecular complexity index is 317. The summed E-state index contributed by atoms with van der Waals surface area (Å²) in [4.78, 5) is 16.7. The molecule has 0 radical (unpaired) electrons. The van der Waals surface area contributed by atoms with Crippen molar-refractivity contribution in [2.24, 2.45) is 0 Å². The summed E-state index contributed by atoms with van der Waals surface area (Å²) in [6.45, 7) is 12.3. The molecule has 19 heavy (non-hydrogen) atoms. The molecule has 0 bridgehead atoms. The fraction of sp³-hybridized carbons (Fsp3) is 0.857. The van der Waals surface area contributed by atoms with Crippen LogP contribution in [0.15, 0.2) is 0 Å². The number of thioether (sulfide) groups is 1. The predicted octanol–water partition coefficient (Wildman–Crippen LogP) is 3.13. The van der Waals surface area contributed by atoms with E-state index in [2.05, 4.69) is 32.6 Å². The number of thiocarbonyl (C=S) groups is 1. The SMILES string of the molecule is CC(SC(=S)N1CCCC1)C(=O)N(C(C)C)C(C)C. The van der Waals surface area contributed by atoms with Crippen LogP contribution >= 0.6 is 24.0 Å². The summed E-state index contributed by atoms with van der Waals surface area (Å²) in [6, 6.07) is 0.465. The van der Waals surface area contributed by atoms with Crippen LogP contribution in [0.3, 0.4) is 0 Å². The highest BCUT2D eigenvalue weighted by Gasteiger charge is 2.27. The molecule has 3 nitrogen and oxygen atoms in total. The smallest absolute Gasteiger partial charge is 0.236 e. The van der Waals surface area contributed by atoms with Gasteiger partial charge in [0, 0.05) is 25.2 Å². The zero-order chi connectivity index (χ0) is 14.6. The lowest BCUT2D eigenvalue weighted by molar-refractivity contribution is -0.133. The van der Waals surface area contributed by atoms with Gasteiger partial charge in [0.1, 0.15) is 4.32 Å². The maximum Gasteiger partial charge on any atom is 0.236 e. The highest BCUT2D eigenvalue weighted by atomic mass is 32.2. The molecule has 1 aliphatic heterocycles. The zero-order valence-electron chi connectivity index (χ0n) is 12.7. The lowest BCUT2D eigenvalue weighted by Crippen LogP contribution is -2.46. The summed E-state index contributed by atoms with van der Waals surface area (Å²) in [6.07, 6.45) is 2.43. The van der Waals surface area contributed by atoms with Crippen LogP contribution in [0.1, 0.15) is 47.5 Å². The number of amides is 1. The van der Waals surface area contributed by atoms with E-state index in [1.54, 1.807) is 0 Å². The fourth-order valence-electron chi connectivity index (χ4n) is 2.49. The van der Waals surface area contributed by atoms with Gasteiger partial charge >= 0.3 is 0 Å². The lowest BCUT2D eigenvalue weighted by atomic mass is 10.2. The standard InChI is InChI=1S/C14H26N2OS2/c1-10(2)16(11(3)4)13(17)12(5)19-14(18)15-8-6-7-9-15/h10-12H,6-9H2,1-5H3. The van der Waals surface area contributed by atoms with Gasteiger partial charge in [0.25, 0.3) is 0 Å². The van der Waals surface area contributed by atoms with Gasteiger partial charge in [-0.2, -0.15) is 0 Å². The summed E-state index contributed by atoms with van der Waals surface area (Å²) >= 11 is 6.98. The Morgan fingerprint density at radius 2 is 1.58 bits per heavy atom. The number of hydrogen-bond donors (Lipinski definition) is 0. The first-order valence-corrected chi connectivity index (χ1v) is 8.41. The number of hydrogen-bond acceptors (Lipinski definition) is 3. The maximum absolute atomic E-state index is 12.5. The molecule has 0 saturated carbocycles. The topological polar surface area (TPSA) is 23.6 Å². The van der Waals surface area contributed by atoms with E-state index in [-0.39, 0.29) is 23.2 Å². The Kier molecular flexibility index (Phi) is 6.60. The van der Waals surface area contributed by atoms with Crippen molar-refractivity contribution in [2.75, 3.05) is 13.1 Å². The van der Waals surface area contributed by atoms with Crippen LogP contribution in [0.25, 0.3) is 0 Å². The van der Waals surface area contributed by atoms with Crippen molar-refractivity contribution in [3.05, 3.63) is 0 Å². The van der Waals surface area contributed by atoms with Crippen molar-refractivity contribution in [1.82, 2.24) is 9.80 Å². The third-order valence-corrected chi connectivity index (χ3v) is 4.92. The Morgan fingerprint density at radius 3 is 2.00 bits per heavy atom. The van der Waals surface area contributed by atoms with Crippen LogP contribution in [0.5, 0.6) is 0 Å². The molecule has 1 rings (SSSR count). The highest BCUT2D eigenvalue weighted by Crippen LogP contribution is 2.23. The first-order chi connectivity index (χ1) is 8.84. The van der Waals surface area contributed by atoms with Gasteiger partial charge in [-0.25, -0.2) is 0 Å². The average Bonchev–Trinajstić information content (AvgIpc) is 2.80. The number of rotatable bonds is 4. The van der Waals surface area contributed by atoms with Gasteiger partial charge in [-0.15, -0.1) is 0 Å². The third kappa shape index (κ3) is 4.63. The largest absolute Gasteiger partial charge is 0.358 e. The van der Waals surface area contributed by atoms with Crippen molar-refractivity contribution < 1.29 is 4.79 Å². The first kappa shape index (κ1) is 16.8. The van der Waals surface area contributed by atoms with Gasteiger partial charge < -0.3 is 9.80 Å². The quantitative estimate of drug-likeness (QED) is 0.744. The summed E-state index contributed by atoms with van der Waals surface area (Å²) in [5.41, 5.74) is 0. The molecule has 1 saturated heterocycles. The molecular weight excluding hydrogens is 276 g/mol. The van der Waals surface area contributed by atoms with Gasteiger partial charge in [-0.05, 0) is 47.5 Å². The van der Waals surface area contributed by atoms with Crippen molar-refractivity contribution in [3.8, 4) is 0 Å². The predicted molar refractivity (Wildman–Crippen MR) is 87.6 cm³/mol. The molecule has 0 spiro atoms. The van der Waals surface area contributed by atoms with E-state index in [0.29, 0.717) is 0 Å². The van der Waals surface area contributed by atoms with Gasteiger partial charge in [0.05, 0.1) is 5.25 Å². The molecule has 0 aromatic rings. The fourth-order valence-corrected chi connectivity index (χ4v) is 3.96. The molecule has 1 atom stereocenters. The van der Waals surface area contributed by atoms with Crippen LogP contribution in [0.2, 0.25) is 0 Å². The van der Waals surface area contributed by atoms with E-state index < -0.39 is 0 Å². The molecule has 1 amide bonds. The van der Waals surface area contributed by atoms with Crippen LogP contribution in [0, 0.1) is 0 Å². The summed E-state index contributed by atoms with van der Waals surface area (Å²) in [5, 5.41) is -0.0992. The zero-order valence-corrected chi connectivity index (χ0v) is 14.3. The van der Waals surface area contributed by atoms with Gasteiger partial charge in [-0.3, -0.25) is 4.79 Å². The summed E-state index contributed by atoms with van der Waals surface area (Å²) in [5.74, 6) is 0.191. The van der Waals surface area contributed by atoms with E-state index >= 15 is 0 Å². The molecule has 1 aliphatic rings. The molecule has 0 N–H and O–H groups in total. The molecule has 1 fully saturated rings. The van der Waals surface area contributed by atoms with E-state index in [1.807, 2.05) is 11.8 Å². The number of likely N-dealkylation sites (tertiary alicyclic amines) is 1. The second-order valence-electron chi connectivity index (χ2n) is 5.65. The van der Waals surface area contributed by atoms with Crippen molar-refractivity contribution in [1.29, 1.82) is 0 Å². The summed E-state index contributed by atoms with van der Waals surface area (Å²) in [7, 11) is 0. The Morgan fingerprint density at radius 1 is 1.11 bits per heavy atom. The molecular formula is C14H26N2OS2. The molecule has 0 aromatic heterocycles. The molecule has 110 valence electrons. The van der Waals surface area contributed by atoms with Crippen LogP contribution in [0.4, 0.5) is 0 Å². The minimum atomic E-state index is -0.0992. The van der Waals surface area contributed by atoms with E-state index in [9.17, 15) is 4.79 Å². The number of carbonyl (C=O) groups excluding carboxylic acids is 1. The molecule has 0 aromatic carbocycles. The Hall–Kier alpha value is -0.290. The van der Waals surface area contributed by atoms with Gasteiger partial charge in [0.15, 0.2) is 0 Å². The minimum absolute atomic E-state index is 0.0992. The van der Waals surface area contributed by atoms with E-state index in [0.717, 1.165) is 17.4 Å². The van der Waals surface area contributed by atoms with E-state index in [1.165, 1.54) is 24.6 Å². The average molecular weight is 303 g/mol. The van der Waals surface area contributed by atoms with Crippen LogP contribution in [-0.2, 0) is 4.79 Å². The molecule has 0 aliphatic carbocycles. The van der Waals surface area contributed by atoms with E-state index in [4.69, 9.17) is 12.2 Å². The minimum Gasteiger partial charge on any atom is -0.358 e. The van der Waals surface area contributed by atoms with Gasteiger partial charge in [-0.1, -0.05) is 24.0 Å². The molecule has 1 unspecified atom stereocenters. The molecule has 5 heteroatoms. The van der Waals surface area contributed by atoms with Crippen molar-refractivity contribution >= 4 is 34.2 Å². The lowest BCUT2D eigenvalue weighted by Gasteiger charge is -2.33. The number of nitrogens with zero attached hydrogens (tertiary/aromatic N) is 2. The van der Waals surface area contributed by atoms with Gasteiger partial charge in [0.2, 0.25) is 5.91 Å².